The fraction of sp³-hybridized carbons (Fsp3) is 0.400. The summed E-state index contributed by atoms with van der Waals surface area (Å²) in [6.07, 6.45) is 0. The van der Waals surface area contributed by atoms with Gasteiger partial charge in [-0.15, -0.1) is 0 Å². The Bertz CT molecular complexity index is 558. The van der Waals surface area contributed by atoms with Crippen molar-refractivity contribution in [3.05, 3.63) is 35.4 Å². The molecular weight excluding hydrogens is 282 g/mol. The van der Waals surface area contributed by atoms with Gasteiger partial charge in [0, 0.05) is 11.1 Å². The van der Waals surface area contributed by atoms with E-state index >= 15 is 0 Å². The van der Waals surface area contributed by atoms with Crippen molar-refractivity contribution in [1.82, 2.24) is 10.6 Å². The highest BCUT2D eigenvalue weighted by Crippen LogP contribution is 2.06. The Morgan fingerprint density at radius 1 is 1.14 bits per heavy atom. The molecule has 0 aliphatic rings. The van der Waals surface area contributed by atoms with E-state index in [4.69, 9.17) is 11.5 Å². The molecule has 0 aromatic heterocycles. The normalized spacial score (nSPS) is 11.9. The van der Waals surface area contributed by atoms with Gasteiger partial charge in [0.15, 0.2) is 5.96 Å². The lowest BCUT2D eigenvalue weighted by Crippen LogP contribution is -2.44. The van der Waals surface area contributed by atoms with Gasteiger partial charge < -0.3 is 22.1 Å². The largest absolute Gasteiger partial charge is 0.370 e. The van der Waals surface area contributed by atoms with Gasteiger partial charge in [0.05, 0.1) is 13.1 Å². The van der Waals surface area contributed by atoms with E-state index in [-0.39, 0.29) is 18.0 Å². The Hall–Kier alpha value is -2.57. The van der Waals surface area contributed by atoms with Gasteiger partial charge in [-0.3, -0.25) is 9.59 Å². The molecule has 0 spiro atoms. The van der Waals surface area contributed by atoms with Crippen molar-refractivity contribution >= 4 is 17.8 Å². The molecule has 1 aromatic rings. The first-order valence-corrected chi connectivity index (χ1v) is 6.91. The van der Waals surface area contributed by atoms with Crippen LogP contribution in [-0.4, -0.2) is 29.9 Å². The molecule has 0 atom stereocenters. The Balaban J connectivity index is 2.60. The highest BCUT2D eigenvalue weighted by atomic mass is 16.2. The highest BCUT2D eigenvalue weighted by Gasteiger charge is 2.09. The summed E-state index contributed by atoms with van der Waals surface area (Å²) in [5.41, 5.74) is 12.0. The quantitative estimate of drug-likeness (QED) is 0.455. The maximum absolute atomic E-state index is 11.7. The minimum Gasteiger partial charge on any atom is -0.370 e. The van der Waals surface area contributed by atoms with Crippen LogP contribution in [0.1, 0.15) is 36.7 Å². The third-order valence-corrected chi connectivity index (χ3v) is 2.57. The molecule has 22 heavy (non-hydrogen) atoms. The van der Waals surface area contributed by atoms with Crippen LogP contribution in [-0.2, 0) is 11.3 Å². The van der Waals surface area contributed by atoms with E-state index in [9.17, 15) is 9.59 Å². The van der Waals surface area contributed by atoms with Crippen molar-refractivity contribution in [2.24, 2.45) is 16.5 Å². The van der Waals surface area contributed by atoms with Crippen molar-refractivity contribution in [2.75, 3.05) is 6.54 Å². The Morgan fingerprint density at radius 2 is 1.73 bits per heavy atom. The molecule has 0 aliphatic carbocycles. The van der Waals surface area contributed by atoms with Crippen LogP contribution in [0.3, 0.4) is 0 Å². The standard InChI is InChI=1S/C15H23N5O2/c1-15(2,3)20-14(17)19-8-10-4-6-11(7-5-10)13(22)18-9-12(16)21/h4-7H,8-9H2,1-3H3,(H2,16,21)(H,18,22)(H3,17,19,20). The molecule has 0 aliphatic heterocycles. The molecule has 0 heterocycles. The minimum atomic E-state index is -0.582. The molecule has 1 aromatic carbocycles. The number of hydrogen-bond acceptors (Lipinski definition) is 3. The molecule has 1 rings (SSSR count). The number of carbonyl (C=O) groups excluding carboxylic acids is 2. The summed E-state index contributed by atoms with van der Waals surface area (Å²) in [7, 11) is 0. The minimum absolute atomic E-state index is 0.143. The van der Waals surface area contributed by atoms with Gasteiger partial charge in [0.1, 0.15) is 0 Å². The van der Waals surface area contributed by atoms with E-state index in [2.05, 4.69) is 15.6 Å². The van der Waals surface area contributed by atoms with Crippen LogP contribution in [0, 0.1) is 0 Å². The number of rotatable bonds is 5. The van der Waals surface area contributed by atoms with Crippen molar-refractivity contribution in [1.29, 1.82) is 0 Å². The smallest absolute Gasteiger partial charge is 0.251 e. The molecule has 0 fully saturated rings. The zero-order valence-corrected chi connectivity index (χ0v) is 13.1. The van der Waals surface area contributed by atoms with E-state index in [1.807, 2.05) is 20.8 Å². The number of benzene rings is 1. The molecule has 6 N–H and O–H groups in total. The number of hydrogen-bond donors (Lipinski definition) is 4. The summed E-state index contributed by atoms with van der Waals surface area (Å²) < 4.78 is 0. The second-order valence-corrected chi connectivity index (χ2v) is 5.92. The fourth-order valence-electron chi connectivity index (χ4n) is 1.63. The highest BCUT2D eigenvalue weighted by molar-refractivity contribution is 5.96. The van der Waals surface area contributed by atoms with Crippen LogP contribution >= 0.6 is 0 Å². The zero-order valence-electron chi connectivity index (χ0n) is 13.1. The molecule has 0 saturated carbocycles. The predicted molar refractivity (Wildman–Crippen MR) is 86.2 cm³/mol. The van der Waals surface area contributed by atoms with Gasteiger partial charge >= 0.3 is 0 Å². The first-order valence-electron chi connectivity index (χ1n) is 6.91. The van der Waals surface area contributed by atoms with Crippen molar-refractivity contribution < 1.29 is 9.59 Å². The maximum Gasteiger partial charge on any atom is 0.251 e. The van der Waals surface area contributed by atoms with Gasteiger partial charge in [-0.2, -0.15) is 0 Å². The van der Waals surface area contributed by atoms with E-state index in [1.54, 1.807) is 24.3 Å². The summed E-state index contributed by atoms with van der Waals surface area (Å²) >= 11 is 0. The Morgan fingerprint density at radius 3 is 2.23 bits per heavy atom. The van der Waals surface area contributed by atoms with Crippen molar-refractivity contribution in [3.8, 4) is 0 Å². The van der Waals surface area contributed by atoms with Crippen LogP contribution in [0.25, 0.3) is 0 Å². The lowest BCUT2D eigenvalue weighted by atomic mass is 10.1. The lowest BCUT2D eigenvalue weighted by molar-refractivity contribution is -0.117. The van der Waals surface area contributed by atoms with Crippen LogP contribution in [0.2, 0.25) is 0 Å². The van der Waals surface area contributed by atoms with E-state index in [0.717, 1.165) is 5.56 Å². The number of nitrogens with one attached hydrogen (secondary N) is 2. The predicted octanol–water partition coefficient (Wildman–Crippen LogP) is 0.105. The molecule has 0 saturated heterocycles. The van der Waals surface area contributed by atoms with Crippen LogP contribution in [0.15, 0.2) is 29.3 Å². The first kappa shape index (κ1) is 17.5. The SMILES string of the molecule is CC(C)(C)NC(N)=NCc1ccc(C(=O)NCC(N)=O)cc1. The number of nitrogens with zero attached hydrogens (tertiary/aromatic N) is 1. The third kappa shape index (κ3) is 6.74. The zero-order chi connectivity index (χ0) is 16.8. The summed E-state index contributed by atoms with van der Waals surface area (Å²) in [6.45, 7) is 6.22. The number of carbonyl (C=O) groups is 2. The average Bonchev–Trinajstić information content (AvgIpc) is 2.41. The number of primary amides is 1. The number of aliphatic imine (C=N–C) groups is 1. The molecular formula is C15H23N5O2. The van der Waals surface area contributed by atoms with Crippen molar-refractivity contribution in [2.45, 2.75) is 32.9 Å². The Kier molecular flexibility index (Phi) is 5.91. The maximum atomic E-state index is 11.7. The van der Waals surface area contributed by atoms with Gasteiger partial charge in [0.2, 0.25) is 5.91 Å². The fourth-order valence-corrected chi connectivity index (χ4v) is 1.63. The molecule has 0 radical (unpaired) electrons. The van der Waals surface area contributed by atoms with Crippen LogP contribution in [0.5, 0.6) is 0 Å². The summed E-state index contributed by atoms with van der Waals surface area (Å²) in [5.74, 6) is -0.556. The van der Waals surface area contributed by atoms with E-state index in [1.165, 1.54) is 0 Å². The van der Waals surface area contributed by atoms with Crippen LogP contribution < -0.4 is 22.1 Å². The topological polar surface area (TPSA) is 123 Å². The summed E-state index contributed by atoms with van der Waals surface area (Å²) in [6, 6.07) is 6.89. The Labute approximate surface area is 130 Å². The van der Waals surface area contributed by atoms with Crippen LogP contribution in [0.4, 0.5) is 0 Å². The van der Waals surface area contributed by atoms with E-state index < -0.39 is 5.91 Å². The molecule has 0 unspecified atom stereocenters. The number of guanidine groups is 1. The van der Waals surface area contributed by atoms with Gasteiger partial charge in [-0.05, 0) is 38.5 Å². The average molecular weight is 305 g/mol. The first-order chi connectivity index (χ1) is 10.2. The van der Waals surface area contributed by atoms with Gasteiger partial charge in [-0.25, -0.2) is 4.99 Å². The molecule has 120 valence electrons. The number of nitrogens with two attached hydrogens (primary N) is 2. The van der Waals surface area contributed by atoms with Gasteiger partial charge in [-0.1, -0.05) is 12.1 Å². The molecule has 0 bridgehead atoms. The lowest BCUT2D eigenvalue weighted by Gasteiger charge is -2.20. The number of amides is 2. The van der Waals surface area contributed by atoms with E-state index in [0.29, 0.717) is 18.1 Å². The molecule has 7 nitrogen and oxygen atoms in total. The molecule has 2 amide bonds. The van der Waals surface area contributed by atoms with Gasteiger partial charge in [0.25, 0.3) is 5.91 Å². The second kappa shape index (κ2) is 7.44. The summed E-state index contributed by atoms with van der Waals surface area (Å²) in [5, 5.41) is 5.49. The van der Waals surface area contributed by atoms with Crippen molar-refractivity contribution in [3.63, 3.8) is 0 Å². The third-order valence-electron chi connectivity index (χ3n) is 2.57. The molecule has 7 heteroatoms. The summed E-state index contributed by atoms with van der Waals surface area (Å²) in [4.78, 5) is 26.6. The second-order valence-electron chi connectivity index (χ2n) is 5.92. The monoisotopic (exact) mass is 305 g/mol.